The van der Waals surface area contributed by atoms with Crippen molar-refractivity contribution < 1.29 is 14.3 Å². The van der Waals surface area contributed by atoms with E-state index in [-0.39, 0.29) is 6.03 Å². The summed E-state index contributed by atoms with van der Waals surface area (Å²) in [6, 6.07) is 21.9. The average Bonchev–Trinajstić information content (AvgIpc) is 2.94. The minimum absolute atomic E-state index is 0.318. The predicted molar refractivity (Wildman–Crippen MR) is 157 cm³/mol. The third-order valence-electron chi connectivity index (χ3n) is 6.95. The molecule has 0 spiro atoms. The fourth-order valence-electron chi connectivity index (χ4n) is 5.05. The number of benzene rings is 3. The molecule has 0 atom stereocenters. The van der Waals surface area contributed by atoms with E-state index in [1.54, 1.807) is 7.11 Å². The quantitative estimate of drug-likeness (QED) is 0.272. The normalized spacial score (nSPS) is 13.9. The predicted octanol–water partition coefficient (Wildman–Crippen LogP) is 6.59. The first-order valence-corrected chi connectivity index (χ1v) is 13.5. The summed E-state index contributed by atoms with van der Waals surface area (Å²) in [6.45, 7) is 8.61. The first-order chi connectivity index (χ1) is 19.0. The van der Waals surface area contributed by atoms with Crippen molar-refractivity contribution in [2.45, 2.75) is 26.8 Å². The average molecular weight is 525 g/mol. The Bertz CT molecular complexity index is 1430. The van der Waals surface area contributed by atoms with Crippen molar-refractivity contribution in [3.63, 3.8) is 0 Å². The van der Waals surface area contributed by atoms with E-state index in [9.17, 15) is 4.79 Å². The molecule has 0 unspecified atom stereocenters. The van der Waals surface area contributed by atoms with E-state index in [0.29, 0.717) is 17.4 Å². The molecule has 3 aromatic carbocycles. The Morgan fingerprint density at radius 2 is 1.74 bits per heavy atom. The Labute approximate surface area is 230 Å². The number of anilines is 2. The van der Waals surface area contributed by atoms with Crippen LogP contribution in [0.25, 0.3) is 21.9 Å². The van der Waals surface area contributed by atoms with Gasteiger partial charge in [0, 0.05) is 36.8 Å². The van der Waals surface area contributed by atoms with E-state index in [0.717, 1.165) is 78.1 Å². The van der Waals surface area contributed by atoms with Crippen LogP contribution in [-0.4, -0.2) is 49.3 Å². The second kappa shape index (κ2) is 12.3. The minimum atomic E-state index is -0.318. The Balaban J connectivity index is 1.35. The number of morpholine rings is 1. The third-order valence-corrected chi connectivity index (χ3v) is 6.95. The molecule has 5 rings (SSSR count). The first kappa shape index (κ1) is 26.7. The second-order valence-electron chi connectivity index (χ2n) is 10.3. The zero-order valence-electron chi connectivity index (χ0n) is 22.9. The molecular weight excluding hydrogens is 488 g/mol. The number of ether oxygens (including phenoxy) is 2. The Morgan fingerprint density at radius 1 is 0.974 bits per heavy atom. The maximum Gasteiger partial charge on any atom is 0.323 e. The largest absolute Gasteiger partial charge is 0.495 e. The van der Waals surface area contributed by atoms with Gasteiger partial charge in [0.25, 0.3) is 0 Å². The van der Waals surface area contributed by atoms with Crippen LogP contribution in [-0.2, 0) is 17.7 Å². The van der Waals surface area contributed by atoms with Crippen LogP contribution in [0.4, 0.5) is 16.2 Å². The topological polar surface area (TPSA) is 75.7 Å². The Hall–Kier alpha value is -3.94. The van der Waals surface area contributed by atoms with Crippen molar-refractivity contribution in [3.8, 4) is 16.9 Å². The molecule has 1 saturated heterocycles. The summed E-state index contributed by atoms with van der Waals surface area (Å²) in [5, 5.41) is 8.03. The molecule has 0 aliphatic carbocycles. The van der Waals surface area contributed by atoms with Gasteiger partial charge in [-0.3, -0.25) is 9.88 Å². The van der Waals surface area contributed by atoms with Gasteiger partial charge in [0.1, 0.15) is 5.75 Å². The van der Waals surface area contributed by atoms with Gasteiger partial charge in [-0.05, 0) is 53.1 Å². The number of carbonyl (C=O) groups excluding carboxylic acids is 1. The molecule has 2 heterocycles. The summed E-state index contributed by atoms with van der Waals surface area (Å²) in [4.78, 5) is 20.2. The summed E-state index contributed by atoms with van der Waals surface area (Å²) in [6.07, 6.45) is 2.86. The maximum absolute atomic E-state index is 13.1. The maximum atomic E-state index is 13.1. The van der Waals surface area contributed by atoms with Gasteiger partial charge in [-0.1, -0.05) is 56.3 Å². The van der Waals surface area contributed by atoms with E-state index in [1.807, 2.05) is 54.7 Å². The zero-order valence-corrected chi connectivity index (χ0v) is 22.9. The molecule has 0 bridgehead atoms. The summed E-state index contributed by atoms with van der Waals surface area (Å²) >= 11 is 0. The van der Waals surface area contributed by atoms with Crippen molar-refractivity contribution in [1.82, 2.24) is 9.88 Å². The number of urea groups is 1. The van der Waals surface area contributed by atoms with Gasteiger partial charge in [0.2, 0.25) is 0 Å². The lowest BCUT2D eigenvalue weighted by atomic mass is 9.98. The van der Waals surface area contributed by atoms with Crippen LogP contribution >= 0.6 is 0 Å². The van der Waals surface area contributed by atoms with Crippen LogP contribution in [0.2, 0.25) is 0 Å². The van der Waals surface area contributed by atoms with Crippen LogP contribution in [0.1, 0.15) is 25.1 Å². The summed E-state index contributed by atoms with van der Waals surface area (Å²) in [5.74, 6) is 1.14. The molecular formula is C32H36N4O3. The van der Waals surface area contributed by atoms with Crippen molar-refractivity contribution in [1.29, 1.82) is 0 Å². The molecule has 1 aliphatic heterocycles. The minimum Gasteiger partial charge on any atom is -0.495 e. The SMILES string of the molecule is COc1ccc(CC(C)C)cc1NC(=O)Nc1ccc(-c2ccc(CN3CCOCC3)nc2)c2ccccc12. The molecule has 2 amide bonds. The number of fused-ring (bicyclic) bond motifs is 1. The van der Waals surface area contributed by atoms with Crippen molar-refractivity contribution in [2.75, 3.05) is 44.0 Å². The molecule has 4 aromatic rings. The molecule has 1 aliphatic rings. The van der Waals surface area contributed by atoms with Crippen LogP contribution in [0.5, 0.6) is 5.75 Å². The zero-order chi connectivity index (χ0) is 27.2. The number of aromatic nitrogens is 1. The van der Waals surface area contributed by atoms with Crippen molar-refractivity contribution in [3.05, 3.63) is 84.2 Å². The monoisotopic (exact) mass is 524 g/mol. The van der Waals surface area contributed by atoms with Gasteiger partial charge in [-0.25, -0.2) is 4.79 Å². The van der Waals surface area contributed by atoms with Crippen molar-refractivity contribution in [2.24, 2.45) is 5.92 Å². The lowest BCUT2D eigenvalue weighted by molar-refractivity contribution is 0.0336. The molecule has 7 nitrogen and oxygen atoms in total. The lowest BCUT2D eigenvalue weighted by Gasteiger charge is -2.26. The standard InChI is InChI=1S/C32H36N4O3/c1-22(2)18-23-8-13-31(38-3)30(19-23)35-32(37)34-29-12-11-26(27-6-4-5-7-28(27)29)24-9-10-25(33-20-24)21-36-14-16-39-17-15-36/h4-13,19-20,22H,14-18,21H2,1-3H3,(H2,34,35,37). The van der Waals surface area contributed by atoms with Crippen LogP contribution < -0.4 is 15.4 Å². The van der Waals surface area contributed by atoms with Gasteiger partial charge in [0.05, 0.1) is 37.4 Å². The van der Waals surface area contributed by atoms with E-state index in [2.05, 4.69) is 47.6 Å². The molecule has 0 radical (unpaired) electrons. The molecule has 202 valence electrons. The van der Waals surface area contributed by atoms with Gasteiger partial charge < -0.3 is 20.1 Å². The number of pyridine rings is 1. The highest BCUT2D eigenvalue weighted by atomic mass is 16.5. The Kier molecular flexibility index (Phi) is 8.39. The summed E-state index contributed by atoms with van der Waals surface area (Å²) in [5.41, 5.74) is 5.70. The smallest absolute Gasteiger partial charge is 0.323 e. The fourth-order valence-corrected chi connectivity index (χ4v) is 5.05. The third kappa shape index (κ3) is 6.56. The van der Waals surface area contributed by atoms with E-state index >= 15 is 0 Å². The highest BCUT2D eigenvalue weighted by Crippen LogP contribution is 2.34. The lowest BCUT2D eigenvalue weighted by Crippen LogP contribution is -2.35. The molecule has 39 heavy (non-hydrogen) atoms. The molecule has 1 aromatic heterocycles. The number of nitrogens with zero attached hydrogens (tertiary/aromatic N) is 2. The number of nitrogens with one attached hydrogen (secondary N) is 2. The van der Waals surface area contributed by atoms with E-state index in [1.165, 1.54) is 0 Å². The van der Waals surface area contributed by atoms with Crippen molar-refractivity contribution >= 4 is 28.2 Å². The molecule has 7 heteroatoms. The summed E-state index contributed by atoms with van der Waals surface area (Å²) < 4.78 is 10.9. The Morgan fingerprint density at radius 3 is 2.46 bits per heavy atom. The fraction of sp³-hybridized carbons (Fsp3) is 0.312. The number of hydrogen-bond acceptors (Lipinski definition) is 5. The highest BCUT2D eigenvalue weighted by Gasteiger charge is 2.14. The van der Waals surface area contributed by atoms with Crippen LogP contribution in [0, 0.1) is 5.92 Å². The molecule has 1 fully saturated rings. The van der Waals surface area contributed by atoms with Gasteiger partial charge >= 0.3 is 6.03 Å². The second-order valence-corrected chi connectivity index (χ2v) is 10.3. The number of hydrogen-bond donors (Lipinski definition) is 2. The number of methoxy groups -OCH3 is 1. The van der Waals surface area contributed by atoms with Crippen LogP contribution in [0.3, 0.4) is 0 Å². The first-order valence-electron chi connectivity index (χ1n) is 13.5. The van der Waals surface area contributed by atoms with E-state index in [4.69, 9.17) is 14.5 Å². The van der Waals surface area contributed by atoms with Gasteiger partial charge in [0.15, 0.2) is 0 Å². The highest BCUT2D eigenvalue weighted by molar-refractivity contribution is 6.10. The number of rotatable bonds is 8. The molecule has 0 saturated carbocycles. The van der Waals surface area contributed by atoms with Crippen LogP contribution in [0.15, 0.2) is 72.9 Å². The van der Waals surface area contributed by atoms with Gasteiger partial charge in [-0.15, -0.1) is 0 Å². The number of carbonyl (C=O) groups is 1. The summed E-state index contributed by atoms with van der Waals surface area (Å²) in [7, 11) is 1.61. The number of amides is 2. The molecule has 2 N–H and O–H groups in total. The van der Waals surface area contributed by atoms with E-state index < -0.39 is 0 Å². The van der Waals surface area contributed by atoms with Gasteiger partial charge in [-0.2, -0.15) is 0 Å².